The van der Waals surface area contributed by atoms with Crippen LogP contribution in [-0.4, -0.2) is 26.3 Å². The molecule has 0 atom stereocenters. The molecule has 0 saturated carbocycles. The fourth-order valence-corrected chi connectivity index (χ4v) is 1.66. The van der Waals surface area contributed by atoms with Gasteiger partial charge in [-0.25, -0.2) is 9.78 Å². The number of carbonyl (C=O) groups is 1. The number of aromatic amines is 1. The quantitative estimate of drug-likeness (QED) is 0.700. The van der Waals surface area contributed by atoms with Crippen LogP contribution in [0.1, 0.15) is 10.5 Å². The average Bonchev–Trinajstić information content (AvgIpc) is 2.97. The number of carboxylic acid groups (broad SMARTS) is 1. The highest BCUT2D eigenvalue weighted by Crippen LogP contribution is 2.26. The molecule has 0 bridgehead atoms. The number of nitrogens with one attached hydrogen (secondary N) is 1. The van der Waals surface area contributed by atoms with Crippen molar-refractivity contribution in [1.29, 1.82) is 0 Å². The van der Waals surface area contributed by atoms with Gasteiger partial charge in [-0.2, -0.15) is 5.10 Å². The number of nitrogens with zero attached hydrogens (tertiary/aromatic N) is 2. The lowest BCUT2D eigenvalue weighted by Crippen LogP contribution is -1.95. The fourth-order valence-electron chi connectivity index (χ4n) is 1.66. The van der Waals surface area contributed by atoms with Crippen molar-refractivity contribution in [2.45, 2.75) is 0 Å². The molecule has 0 aliphatic rings. The fraction of sp³-hybridized carbons (Fsp3) is 0. The maximum absolute atomic E-state index is 10.8. The highest BCUT2D eigenvalue weighted by molar-refractivity contribution is 5.91. The second-order valence-electron chi connectivity index (χ2n) is 3.48. The lowest BCUT2D eigenvalue weighted by Gasteiger charge is -1.95. The topological polar surface area (TPSA) is 92.0 Å². The van der Waals surface area contributed by atoms with Gasteiger partial charge in [-0.05, 0) is 18.2 Å². The van der Waals surface area contributed by atoms with E-state index >= 15 is 0 Å². The lowest BCUT2D eigenvalue weighted by atomic mass is 10.1. The highest BCUT2D eigenvalue weighted by atomic mass is 16.4. The summed E-state index contributed by atoms with van der Waals surface area (Å²) in [7, 11) is 0. The van der Waals surface area contributed by atoms with E-state index < -0.39 is 5.97 Å². The zero-order valence-electron chi connectivity index (χ0n) is 8.54. The Labute approximate surface area is 94.9 Å². The average molecular weight is 229 g/mol. The number of H-pyrrole nitrogens is 1. The molecule has 6 heteroatoms. The van der Waals surface area contributed by atoms with Crippen molar-refractivity contribution in [3.05, 3.63) is 36.4 Å². The second kappa shape index (κ2) is 3.44. The van der Waals surface area contributed by atoms with Crippen LogP contribution in [0.25, 0.3) is 22.4 Å². The number of hydrogen-bond acceptors (Lipinski definition) is 4. The van der Waals surface area contributed by atoms with Gasteiger partial charge < -0.3 is 9.52 Å². The molecule has 17 heavy (non-hydrogen) atoms. The van der Waals surface area contributed by atoms with Crippen LogP contribution < -0.4 is 0 Å². The van der Waals surface area contributed by atoms with Crippen LogP contribution in [0.3, 0.4) is 0 Å². The Kier molecular flexibility index (Phi) is 1.94. The minimum absolute atomic E-state index is 0.0384. The summed E-state index contributed by atoms with van der Waals surface area (Å²) in [5.74, 6) is -1.05. The summed E-state index contributed by atoms with van der Waals surface area (Å²) in [6, 6.07) is 6.89. The molecular weight excluding hydrogens is 222 g/mol. The van der Waals surface area contributed by atoms with Gasteiger partial charge in [-0.1, -0.05) is 6.07 Å². The molecule has 3 rings (SSSR count). The first-order chi connectivity index (χ1) is 8.25. The van der Waals surface area contributed by atoms with Crippen molar-refractivity contribution in [3.8, 4) is 11.3 Å². The summed E-state index contributed by atoms with van der Waals surface area (Å²) in [5.41, 5.74) is 2.57. The van der Waals surface area contributed by atoms with Crippen molar-refractivity contribution in [2.75, 3.05) is 0 Å². The number of aromatic nitrogens is 3. The lowest BCUT2D eigenvalue weighted by molar-refractivity contribution is 0.0690. The summed E-state index contributed by atoms with van der Waals surface area (Å²) < 4.78 is 5.26. The first kappa shape index (κ1) is 9.59. The normalized spacial score (nSPS) is 10.8. The number of benzene rings is 1. The van der Waals surface area contributed by atoms with Gasteiger partial charge in [0.05, 0.1) is 5.69 Å². The SMILES string of the molecule is O=C(O)c1cc(-c2cccc3ncoc23)n[nH]1. The molecule has 0 aliphatic carbocycles. The molecule has 0 saturated heterocycles. The molecule has 0 unspecified atom stereocenters. The number of fused-ring (bicyclic) bond motifs is 1. The molecule has 0 radical (unpaired) electrons. The molecule has 0 amide bonds. The van der Waals surface area contributed by atoms with Gasteiger partial charge in [0, 0.05) is 5.56 Å². The van der Waals surface area contributed by atoms with Crippen LogP contribution in [0, 0.1) is 0 Å². The highest BCUT2D eigenvalue weighted by Gasteiger charge is 2.13. The van der Waals surface area contributed by atoms with E-state index in [4.69, 9.17) is 9.52 Å². The minimum Gasteiger partial charge on any atom is -0.477 e. The maximum Gasteiger partial charge on any atom is 0.353 e. The van der Waals surface area contributed by atoms with E-state index in [1.807, 2.05) is 12.1 Å². The molecule has 2 N–H and O–H groups in total. The van der Waals surface area contributed by atoms with Crippen molar-refractivity contribution in [1.82, 2.24) is 15.2 Å². The first-order valence-corrected chi connectivity index (χ1v) is 4.87. The van der Waals surface area contributed by atoms with Crippen LogP contribution in [0.5, 0.6) is 0 Å². The molecule has 2 heterocycles. The predicted octanol–water partition coefficient (Wildman–Crippen LogP) is 1.92. The number of aromatic carboxylic acids is 1. The Morgan fingerprint density at radius 2 is 2.29 bits per heavy atom. The Hall–Kier alpha value is -2.63. The third-order valence-corrected chi connectivity index (χ3v) is 2.44. The van der Waals surface area contributed by atoms with E-state index in [0.717, 1.165) is 0 Å². The van der Waals surface area contributed by atoms with Crippen LogP contribution in [0.4, 0.5) is 0 Å². The zero-order valence-corrected chi connectivity index (χ0v) is 8.54. The largest absolute Gasteiger partial charge is 0.477 e. The van der Waals surface area contributed by atoms with Crippen LogP contribution in [0.2, 0.25) is 0 Å². The number of oxazole rings is 1. The van der Waals surface area contributed by atoms with Gasteiger partial charge >= 0.3 is 5.97 Å². The van der Waals surface area contributed by atoms with Crippen molar-refractivity contribution < 1.29 is 14.3 Å². The molecule has 0 fully saturated rings. The molecule has 1 aromatic carbocycles. The Morgan fingerprint density at radius 1 is 1.41 bits per heavy atom. The second-order valence-corrected chi connectivity index (χ2v) is 3.48. The number of para-hydroxylation sites is 1. The first-order valence-electron chi connectivity index (χ1n) is 4.87. The van der Waals surface area contributed by atoms with E-state index in [9.17, 15) is 4.79 Å². The Bertz CT molecular complexity index is 699. The van der Waals surface area contributed by atoms with E-state index in [1.165, 1.54) is 12.5 Å². The molecule has 3 aromatic rings. The Morgan fingerprint density at radius 3 is 3.06 bits per heavy atom. The molecular formula is C11H7N3O3. The number of rotatable bonds is 2. The monoisotopic (exact) mass is 229 g/mol. The van der Waals surface area contributed by atoms with Gasteiger partial charge in [0.1, 0.15) is 11.2 Å². The van der Waals surface area contributed by atoms with Crippen molar-refractivity contribution >= 4 is 17.1 Å². The zero-order chi connectivity index (χ0) is 11.8. The Balaban J connectivity index is 2.19. The molecule has 84 valence electrons. The van der Waals surface area contributed by atoms with Crippen LogP contribution >= 0.6 is 0 Å². The third kappa shape index (κ3) is 1.46. The third-order valence-electron chi connectivity index (χ3n) is 2.44. The number of carboxylic acids is 1. The van der Waals surface area contributed by atoms with Crippen molar-refractivity contribution in [2.24, 2.45) is 0 Å². The molecule has 2 aromatic heterocycles. The van der Waals surface area contributed by atoms with Crippen molar-refractivity contribution in [3.63, 3.8) is 0 Å². The molecule has 6 nitrogen and oxygen atoms in total. The summed E-state index contributed by atoms with van der Waals surface area (Å²) in [6.45, 7) is 0. The van der Waals surface area contributed by atoms with Gasteiger partial charge in [-0.15, -0.1) is 0 Å². The minimum atomic E-state index is -1.05. The maximum atomic E-state index is 10.8. The van der Waals surface area contributed by atoms with Gasteiger partial charge in [-0.3, -0.25) is 5.10 Å². The van der Waals surface area contributed by atoms with E-state index in [-0.39, 0.29) is 5.69 Å². The van der Waals surface area contributed by atoms with Gasteiger partial charge in [0.2, 0.25) is 0 Å². The summed E-state index contributed by atoms with van der Waals surface area (Å²) in [5, 5.41) is 15.2. The van der Waals surface area contributed by atoms with Crippen LogP contribution in [-0.2, 0) is 0 Å². The summed E-state index contributed by atoms with van der Waals surface area (Å²) in [6.07, 6.45) is 1.35. The van der Waals surface area contributed by atoms with E-state index in [2.05, 4.69) is 15.2 Å². The van der Waals surface area contributed by atoms with Gasteiger partial charge in [0.25, 0.3) is 0 Å². The standard InChI is InChI=1S/C11H7N3O3/c15-11(16)9-4-8(13-14-9)6-2-1-3-7-10(6)17-5-12-7/h1-5H,(H,13,14)(H,15,16). The van der Waals surface area contributed by atoms with Crippen LogP contribution in [0.15, 0.2) is 35.1 Å². The summed E-state index contributed by atoms with van der Waals surface area (Å²) in [4.78, 5) is 14.8. The molecule has 0 aliphatic heterocycles. The van der Waals surface area contributed by atoms with Gasteiger partial charge in [0.15, 0.2) is 12.0 Å². The summed E-state index contributed by atoms with van der Waals surface area (Å²) >= 11 is 0. The number of hydrogen-bond donors (Lipinski definition) is 2. The molecule has 0 spiro atoms. The van der Waals surface area contributed by atoms with E-state index in [1.54, 1.807) is 6.07 Å². The van der Waals surface area contributed by atoms with E-state index in [0.29, 0.717) is 22.4 Å². The smallest absolute Gasteiger partial charge is 0.353 e. The predicted molar refractivity (Wildman–Crippen MR) is 58.6 cm³/mol.